The predicted octanol–water partition coefficient (Wildman–Crippen LogP) is 4.06. The molecular weight excluding hydrogens is 240 g/mol. The van der Waals surface area contributed by atoms with Gasteiger partial charge in [-0.2, -0.15) is 0 Å². The van der Waals surface area contributed by atoms with Gasteiger partial charge in [-0.15, -0.1) is 0 Å². The van der Waals surface area contributed by atoms with Crippen LogP contribution in [-0.2, 0) is 0 Å². The molecule has 0 bridgehead atoms. The summed E-state index contributed by atoms with van der Waals surface area (Å²) < 4.78 is 0. The zero-order chi connectivity index (χ0) is 13.4. The predicted molar refractivity (Wildman–Crippen MR) is 82.3 cm³/mol. The fraction of sp³-hybridized carbons (Fsp3) is 0.933. The molecule has 0 radical (unpaired) electrons. The van der Waals surface area contributed by atoms with E-state index < -0.39 is 0 Å². The fourth-order valence-corrected chi connectivity index (χ4v) is 4.45. The average Bonchev–Trinajstić information content (AvgIpc) is 2.71. The largest absolute Gasteiger partial charge is 0.362 e. The van der Waals surface area contributed by atoms with E-state index in [1.54, 1.807) is 0 Å². The lowest BCUT2D eigenvalue weighted by Crippen LogP contribution is -2.31. The SMILES string of the molecule is CC(C)(C)CC1CN=C(NC2CCC(C)(C)C2)S1. The first-order chi connectivity index (χ1) is 8.23. The molecule has 1 heterocycles. The molecule has 3 heteroatoms. The highest BCUT2D eigenvalue weighted by atomic mass is 32.2. The second kappa shape index (κ2) is 5.07. The average molecular weight is 268 g/mol. The van der Waals surface area contributed by atoms with Crippen molar-refractivity contribution in [2.75, 3.05) is 6.54 Å². The molecule has 0 aromatic carbocycles. The fourth-order valence-electron chi connectivity index (χ4n) is 3.02. The minimum absolute atomic E-state index is 0.415. The number of hydrogen-bond acceptors (Lipinski definition) is 3. The van der Waals surface area contributed by atoms with E-state index in [1.165, 1.54) is 30.9 Å². The normalized spacial score (nSPS) is 31.5. The molecule has 18 heavy (non-hydrogen) atoms. The third-order valence-corrected chi connectivity index (χ3v) is 4.97. The van der Waals surface area contributed by atoms with Gasteiger partial charge in [0.2, 0.25) is 0 Å². The number of nitrogens with one attached hydrogen (secondary N) is 1. The zero-order valence-electron chi connectivity index (χ0n) is 12.5. The summed E-state index contributed by atoms with van der Waals surface area (Å²) in [6, 6.07) is 0.652. The Morgan fingerprint density at radius 2 is 2.11 bits per heavy atom. The molecule has 1 N–H and O–H groups in total. The minimum Gasteiger partial charge on any atom is -0.362 e. The lowest BCUT2D eigenvalue weighted by molar-refractivity contribution is 0.372. The highest BCUT2D eigenvalue weighted by Gasteiger charge is 2.33. The molecule has 1 fully saturated rings. The molecule has 0 aromatic heterocycles. The van der Waals surface area contributed by atoms with Crippen molar-refractivity contribution >= 4 is 16.9 Å². The van der Waals surface area contributed by atoms with Crippen LogP contribution in [0.15, 0.2) is 4.99 Å². The Kier molecular flexibility index (Phi) is 4.01. The standard InChI is InChI=1S/C15H28N2S/c1-14(2,3)9-12-10-16-13(18-12)17-11-6-7-15(4,5)8-11/h11-12H,6-10H2,1-5H3,(H,16,17). The molecule has 2 rings (SSSR count). The summed E-state index contributed by atoms with van der Waals surface area (Å²) in [4.78, 5) is 4.68. The second-order valence-corrected chi connectivity index (χ2v) is 9.19. The Labute approximate surface area is 116 Å². The van der Waals surface area contributed by atoms with Crippen LogP contribution >= 0.6 is 11.8 Å². The van der Waals surface area contributed by atoms with Gasteiger partial charge in [0.05, 0.1) is 6.54 Å². The molecular formula is C15H28N2S. The monoisotopic (exact) mass is 268 g/mol. The number of hydrogen-bond donors (Lipinski definition) is 1. The van der Waals surface area contributed by atoms with Crippen molar-refractivity contribution in [3.8, 4) is 0 Å². The van der Waals surface area contributed by atoms with Gasteiger partial charge in [-0.25, -0.2) is 0 Å². The Bertz CT molecular complexity index is 328. The molecule has 2 unspecified atom stereocenters. The first kappa shape index (κ1) is 14.2. The molecule has 0 saturated heterocycles. The molecule has 104 valence electrons. The van der Waals surface area contributed by atoms with Crippen LogP contribution in [-0.4, -0.2) is 23.0 Å². The number of amidine groups is 1. The van der Waals surface area contributed by atoms with Crippen molar-refractivity contribution in [2.24, 2.45) is 15.8 Å². The number of thioether (sulfide) groups is 1. The Morgan fingerprint density at radius 3 is 2.67 bits per heavy atom. The zero-order valence-corrected chi connectivity index (χ0v) is 13.4. The van der Waals surface area contributed by atoms with Crippen molar-refractivity contribution in [3.63, 3.8) is 0 Å². The van der Waals surface area contributed by atoms with Crippen molar-refractivity contribution in [1.82, 2.24) is 5.32 Å². The summed E-state index contributed by atoms with van der Waals surface area (Å²) in [6.07, 6.45) is 5.18. The number of nitrogens with zero attached hydrogens (tertiary/aromatic N) is 1. The lowest BCUT2D eigenvalue weighted by Gasteiger charge is -2.22. The van der Waals surface area contributed by atoms with E-state index in [1.807, 2.05) is 11.8 Å². The van der Waals surface area contributed by atoms with E-state index in [9.17, 15) is 0 Å². The molecule has 1 aliphatic heterocycles. The highest BCUT2D eigenvalue weighted by Crippen LogP contribution is 2.38. The van der Waals surface area contributed by atoms with E-state index >= 15 is 0 Å². The van der Waals surface area contributed by atoms with Gasteiger partial charge in [-0.05, 0) is 36.5 Å². The van der Waals surface area contributed by atoms with Crippen LogP contribution in [0.25, 0.3) is 0 Å². The third-order valence-electron chi connectivity index (χ3n) is 3.85. The maximum Gasteiger partial charge on any atom is 0.157 e. The van der Waals surface area contributed by atoms with Crippen molar-refractivity contribution < 1.29 is 0 Å². The van der Waals surface area contributed by atoms with Gasteiger partial charge < -0.3 is 5.32 Å². The topological polar surface area (TPSA) is 24.4 Å². The van der Waals surface area contributed by atoms with Crippen molar-refractivity contribution in [2.45, 2.75) is 71.6 Å². The highest BCUT2D eigenvalue weighted by molar-refractivity contribution is 8.14. The van der Waals surface area contributed by atoms with Crippen molar-refractivity contribution in [3.05, 3.63) is 0 Å². The Balaban J connectivity index is 1.76. The molecule has 0 aromatic rings. The lowest BCUT2D eigenvalue weighted by atomic mass is 9.90. The van der Waals surface area contributed by atoms with Crippen molar-refractivity contribution in [1.29, 1.82) is 0 Å². The summed E-state index contributed by atoms with van der Waals surface area (Å²) in [5, 5.41) is 5.55. The van der Waals surface area contributed by atoms with E-state index in [4.69, 9.17) is 0 Å². The van der Waals surface area contributed by atoms with Crippen LogP contribution in [0.4, 0.5) is 0 Å². The van der Waals surface area contributed by atoms with E-state index in [2.05, 4.69) is 44.9 Å². The second-order valence-electron chi connectivity index (χ2n) is 7.90. The van der Waals surface area contributed by atoms with E-state index in [0.717, 1.165) is 6.54 Å². The summed E-state index contributed by atoms with van der Waals surface area (Å²) in [5.41, 5.74) is 0.935. The molecule has 2 atom stereocenters. The van der Waals surface area contributed by atoms with Gasteiger partial charge in [0, 0.05) is 11.3 Å². The molecule has 2 nitrogen and oxygen atoms in total. The Hall–Kier alpha value is -0.180. The van der Waals surface area contributed by atoms with Crippen LogP contribution in [0, 0.1) is 10.8 Å². The van der Waals surface area contributed by atoms with Crippen LogP contribution in [0.3, 0.4) is 0 Å². The third kappa shape index (κ3) is 4.18. The van der Waals surface area contributed by atoms with Gasteiger partial charge in [-0.1, -0.05) is 46.4 Å². The first-order valence-corrected chi connectivity index (χ1v) is 8.09. The van der Waals surface area contributed by atoms with Crippen LogP contribution in [0.2, 0.25) is 0 Å². The summed E-state index contributed by atoms with van der Waals surface area (Å²) >= 11 is 1.96. The Morgan fingerprint density at radius 1 is 1.39 bits per heavy atom. The van der Waals surface area contributed by atoms with Crippen LogP contribution < -0.4 is 5.32 Å². The van der Waals surface area contributed by atoms with Gasteiger partial charge in [0.1, 0.15) is 0 Å². The maximum atomic E-state index is 4.68. The molecule has 0 spiro atoms. The quantitative estimate of drug-likeness (QED) is 0.816. The molecule has 0 amide bonds. The number of aliphatic imine (C=N–C) groups is 1. The summed E-state index contributed by atoms with van der Waals surface area (Å²) in [7, 11) is 0. The molecule has 1 saturated carbocycles. The van der Waals surface area contributed by atoms with Crippen LogP contribution in [0.5, 0.6) is 0 Å². The summed E-state index contributed by atoms with van der Waals surface area (Å²) in [5.74, 6) is 0. The van der Waals surface area contributed by atoms with Gasteiger partial charge in [0.25, 0.3) is 0 Å². The molecule has 2 aliphatic rings. The maximum absolute atomic E-state index is 4.68. The van der Waals surface area contributed by atoms with Gasteiger partial charge in [0.15, 0.2) is 5.17 Å². The van der Waals surface area contributed by atoms with Crippen LogP contribution in [0.1, 0.15) is 60.3 Å². The summed E-state index contributed by atoms with van der Waals surface area (Å²) in [6.45, 7) is 12.7. The first-order valence-electron chi connectivity index (χ1n) is 7.21. The van der Waals surface area contributed by atoms with Gasteiger partial charge >= 0.3 is 0 Å². The van der Waals surface area contributed by atoms with Gasteiger partial charge in [-0.3, -0.25) is 4.99 Å². The molecule has 1 aliphatic carbocycles. The van der Waals surface area contributed by atoms with E-state index in [-0.39, 0.29) is 0 Å². The minimum atomic E-state index is 0.415. The van der Waals surface area contributed by atoms with E-state index in [0.29, 0.717) is 22.1 Å². The number of rotatable bonds is 2. The smallest absolute Gasteiger partial charge is 0.157 e.